The maximum atomic E-state index is 5.46. The summed E-state index contributed by atoms with van der Waals surface area (Å²) in [6.45, 7) is 2.22. The van der Waals surface area contributed by atoms with Crippen LogP contribution < -0.4 is 4.74 Å². The third-order valence-corrected chi connectivity index (χ3v) is 3.05. The van der Waals surface area contributed by atoms with Crippen molar-refractivity contribution < 1.29 is 4.74 Å². The Labute approximate surface area is 103 Å². The smallest absolute Gasteiger partial charge is 0.122 e. The first-order chi connectivity index (χ1) is 8.35. The molecule has 90 valence electrons. The second-order valence-corrected chi connectivity index (χ2v) is 4.32. The van der Waals surface area contributed by atoms with Gasteiger partial charge in [0, 0.05) is 11.6 Å². The first-order valence-corrected chi connectivity index (χ1v) is 6.26. The number of unbranched alkanes of at least 4 members (excludes halogenated alkanes) is 2. The molecule has 0 unspecified atom stereocenters. The molecule has 2 nitrogen and oxygen atoms in total. The van der Waals surface area contributed by atoms with E-state index < -0.39 is 0 Å². The van der Waals surface area contributed by atoms with Gasteiger partial charge < -0.3 is 4.74 Å². The fourth-order valence-corrected chi connectivity index (χ4v) is 2.09. The fourth-order valence-electron chi connectivity index (χ4n) is 2.09. The van der Waals surface area contributed by atoms with E-state index in [4.69, 9.17) is 4.74 Å². The highest BCUT2D eigenvalue weighted by molar-refractivity contribution is 5.81. The van der Waals surface area contributed by atoms with E-state index in [-0.39, 0.29) is 0 Å². The minimum absolute atomic E-state index is 0.988. The molecule has 1 aromatic carbocycles. The van der Waals surface area contributed by atoms with Crippen LogP contribution in [0.5, 0.6) is 5.75 Å². The SMILES string of the molecule is CCCCCc1cc2ncccc2cc1OC. The van der Waals surface area contributed by atoms with Crippen molar-refractivity contribution in [2.24, 2.45) is 0 Å². The normalized spacial score (nSPS) is 10.7. The van der Waals surface area contributed by atoms with Gasteiger partial charge in [-0.25, -0.2) is 0 Å². The van der Waals surface area contributed by atoms with E-state index in [1.165, 1.54) is 24.8 Å². The highest BCUT2D eigenvalue weighted by Crippen LogP contribution is 2.26. The number of benzene rings is 1. The first-order valence-electron chi connectivity index (χ1n) is 6.26. The summed E-state index contributed by atoms with van der Waals surface area (Å²) >= 11 is 0. The third-order valence-electron chi connectivity index (χ3n) is 3.05. The third kappa shape index (κ3) is 2.76. The van der Waals surface area contributed by atoms with Crippen LogP contribution in [0.1, 0.15) is 31.7 Å². The molecule has 1 aromatic heterocycles. The van der Waals surface area contributed by atoms with Gasteiger partial charge in [0.15, 0.2) is 0 Å². The summed E-state index contributed by atoms with van der Waals surface area (Å²) in [6, 6.07) is 8.27. The van der Waals surface area contributed by atoms with Crippen molar-refractivity contribution in [2.45, 2.75) is 32.6 Å². The van der Waals surface area contributed by atoms with Crippen molar-refractivity contribution in [1.82, 2.24) is 4.98 Å². The number of hydrogen-bond donors (Lipinski definition) is 0. The van der Waals surface area contributed by atoms with Gasteiger partial charge >= 0.3 is 0 Å². The lowest BCUT2D eigenvalue weighted by molar-refractivity contribution is 0.409. The van der Waals surface area contributed by atoms with Crippen molar-refractivity contribution in [3.8, 4) is 5.75 Å². The molecule has 0 aliphatic rings. The molecule has 0 saturated heterocycles. The van der Waals surface area contributed by atoms with Crippen LogP contribution in [0.3, 0.4) is 0 Å². The minimum Gasteiger partial charge on any atom is -0.496 e. The minimum atomic E-state index is 0.988. The maximum absolute atomic E-state index is 5.46. The predicted molar refractivity (Wildman–Crippen MR) is 71.5 cm³/mol. The molecule has 17 heavy (non-hydrogen) atoms. The molecule has 0 bridgehead atoms. The summed E-state index contributed by atoms with van der Waals surface area (Å²) < 4.78 is 5.46. The average molecular weight is 229 g/mol. The zero-order chi connectivity index (χ0) is 12.1. The van der Waals surface area contributed by atoms with Crippen LogP contribution in [0.4, 0.5) is 0 Å². The highest BCUT2D eigenvalue weighted by atomic mass is 16.5. The number of ether oxygens (including phenoxy) is 1. The summed E-state index contributed by atoms with van der Waals surface area (Å²) in [4.78, 5) is 4.39. The number of pyridine rings is 1. The molecule has 0 fully saturated rings. The Balaban J connectivity index is 2.32. The molecule has 0 amide bonds. The van der Waals surface area contributed by atoms with Gasteiger partial charge in [0.1, 0.15) is 5.75 Å². The van der Waals surface area contributed by atoms with E-state index in [9.17, 15) is 0 Å². The molecule has 0 atom stereocenters. The lowest BCUT2D eigenvalue weighted by Crippen LogP contribution is -1.94. The van der Waals surface area contributed by atoms with E-state index in [2.05, 4.69) is 30.1 Å². The number of aryl methyl sites for hydroxylation is 1. The first kappa shape index (κ1) is 11.9. The molecule has 0 spiro atoms. The Morgan fingerprint density at radius 1 is 1.24 bits per heavy atom. The van der Waals surface area contributed by atoms with Crippen molar-refractivity contribution in [1.29, 1.82) is 0 Å². The second-order valence-electron chi connectivity index (χ2n) is 4.32. The Hall–Kier alpha value is -1.57. The molecule has 0 aliphatic heterocycles. The molecule has 2 heteroatoms. The van der Waals surface area contributed by atoms with Crippen molar-refractivity contribution in [3.63, 3.8) is 0 Å². The van der Waals surface area contributed by atoms with E-state index in [0.29, 0.717) is 0 Å². The molecule has 2 aromatic rings. The number of aromatic nitrogens is 1. The Kier molecular flexibility index (Phi) is 3.97. The van der Waals surface area contributed by atoms with Gasteiger partial charge in [0.25, 0.3) is 0 Å². The summed E-state index contributed by atoms with van der Waals surface area (Å²) in [5, 5.41) is 1.14. The van der Waals surface area contributed by atoms with Crippen LogP contribution in [0.25, 0.3) is 10.9 Å². The number of methoxy groups -OCH3 is 1. The topological polar surface area (TPSA) is 22.1 Å². The van der Waals surface area contributed by atoms with Gasteiger partial charge in [-0.1, -0.05) is 25.8 Å². The Morgan fingerprint density at radius 2 is 2.12 bits per heavy atom. The summed E-state index contributed by atoms with van der Waals surface area (Å²) in [6.07, 6.45) is 6.64. The number of rotatable bonds is 5. The quantitative estimate of drug-likeness (QED) is 0.723. The highest BCUT2D eigenvalue weighted by Gasteiger charge is 2.05. The van der Waals surface area contributed by atoms with E-state index >= 15 is 0 Å². The largest absolute Gasteiger partial charge is 0.496 e. The van der Waals surface area contributed by atoms with E-state index in [1.807, 2.05) is 12.3 Å². The van der Waals surface area contributed by atoms with Crippen LogP contribution in [0.15, 0.2) is 30.5 Å². The number of fused-ring (bicyclic) bond motifs is 1. The molecule has 0 aliphatic carbocycles. The lowest BCUT2D eigenvalue weighted by atomic mass is 10.0. The average Bonchev–Trinajstić information content (AvgIpc) is 2.38. The second kappa shape index (κ2) is 5.67. The summed E-state index contributed by atoms with van der Waals surface area (Å²) in [5.74, 6) is 0.988. The predicted octanol–water partition coefficient (Wildman–Crippen LogP) is 3.98. The Morgan fingerprint density at radius 3 is 2.88 bits per heavy atom. The van der Waals surface area contributed by atoms with E-state index in [1.54, 1.807) is 7.11 Å². The monoisotopic (exact) mass is 229 g/mol. The number of hydrogen-bond acceptors (Lipinski definition) is 2. The van der Waals surface area contributed by atoms with Crippen molar-refractivity contribution in [2.75, 3.05) is 7.11 Å². The van der Waals surface area contributed by atoms with E-state index in [0.717, 1.165) is 23.1 Å². The zero-order valence-electron chi connectivity index (χ0n) is 10.6. The van der Waals surface area contributed by atoms with Crippen LogP contribution >= 0.6 is 0 Å². The van der Waals surface area contributed by atoms with Gasteiger partial charge in [-0.15, -0.1) is 0 Å². The zero-order valence-corrected chi connectivity index (χ0v) is 10.6. The van der Waals surface area contributed by atoms with Crippen molar-refractivity contribution >= 4 is 10.9 Å². The molecular formula is C15H19NO. The summed E-state index contributed by atoms with van der Waals surface area (Å²) in [5.41, 5.74) is 2.33. The van der Waals surface area contributed by atoms with Gasteiger partial charge in [-0.05, 0) is 36.6 Å². The van der Waals surface area contributed by atoms with Crippen LogP contribution in [0, 0.1) is 0 Å². The molecule has 0 saturated carbocycles. The standard InChI is InChI=1S/C15H19NO/c1-3-4-5-7-13-10-14-12(8-6-9-16-14)11-15(13)17-2/h6,8-11H,3-5,7H2,1-2H3. The molecule has 0 N–H and O–H groups in total. The Bertz CT molecular complexity index is 493. The molecule has 2 rings (SSSR count). The number of nitrogens with zero attached hydrogens (tertiary/aromatic N) is 1. The van der Waals surface area contributed by atoms with Gasteiger partial charge in [0.2, 0.25) is 0 Å². The maximum Gasteiger partial charge on any atom is 0.122 e. The molecular weight excluding hydrogens is 210 g/mol. The molecule has 1 heterocycles. The lowest BCUT2D eigenvalue weighted by Gasteiger charge is -2.09. The van der Waals surface area contributed by atoms with Gasteiger partial charge in [-0.3, -0.25) is 4.98 Å². The van der Waals surface area contributed by atoms with Crippen LogP contribution in [0.2, 0.25) is 0 Å². The summed E-state index contributed by atoms with van der Waals surface area (Å²) in [7, 11) is 1.74. The van der Waals surface area contributed by atoms with Gasteiger partial charge in [-0.2, -0.15) is 0 Å². The van der Waals surface area contributed by atoms with Crippen LogP contribution in [-0.4, -0.2) is 12.1 Å². The van der Waals surface area contributed by atoms with Crippen molar-refractivity contribution in [3.05, 3.63) is 36.0 Å². The van der Waals surface area contributed by atoms with Crippen LogP contribution in [-0.2, 0) is 6.42 Å². The van der Waals surface area contributed by atoms with Gasteiger partial charge in [0.05, 0.1) is 12.6 Å². The molecule has 0 radical (unpaired) electrons. The fraction of sp³-hybridized carbons (Fsp3) is 0.400.